The zero-order valence-corrected chi connectivity index (χ0v) is 17.3. The molecule has 0 bridgehead atoms. The van der Waals surface area contributed by atoms with Crippen LogP contribution in [0.15, 0.2) is 84.4 Å². The Morgan fingerprint density at radius 1 is 0.903 bits per heavy atom. The van der Waals surface area contributed by atoms with E-state index in [0.717, 1.165) is 22.3 Å². The summed E-state index contributed by atoms with van der Waals surface area (Å²) in [7, 11) is 1.34. The van der Waals surface area contributed by atoms with Crippen molar-refractivity contribution in [3.63, 3.8) is 0 Å². The zero-order valence-electron chi connectivity index (χ0n) is 17.3. The first-order chi connectivity index (χ1) is 15.1. The number of hydrogen-bond acceptors (Lipinski definition) is 3. The van der Waals surface area contributed by atoms with Crippen molar-refractivity contribution in [2.45, 2.75) is 12.8 Å². The smallest absolute Gasteiger partial charge is 0.325 e. The van der Waals surface area contributed by atoms with Gasteiger partial charge in [0.1, 0.15) is 0 Å². The van der Waals surface area contributed by atoms with Gasteiger partial charge in [-0.1, -0.05) is 84.1 Å². The molecule has 0 unspecified atom stereocenters. The maximum Gasteiger partial charge on any atom is 0.325 e. The fourth-order valence-electron chi connectivity index (χ4n) is 4.81. The minimum atomic E-state index is -1.38. The Balaban J connectivity index is 1.77. The van der Waals surface area contributed by atoms with Gasteiger partial charge in [0.05, 0.1) is 7.11 Å². The van der Waals surface area contributed by atoms with Crippen molar-refractivity contribution in [1.82, 2.24) is 0 Å². The SMILES string of the molecule is COC(=O)[C@@]12C(=O)c3ccccc3[C@@H]1C(C#Cc1ccc(C)cc1)=C2c1ccccc1. The van der Waals surface area contributed by atoms with Crippen LogP contribution in [0.3, 0.4) is 0 Å². The third-order valence-electron chi connectivity index (χ3n) is 6.22. The van der Waals surface area contributed by atoms with Crippen molar-refractivity contribution in [3.05, 3.63) is 112 Å². The molecule has 3 aromatic rings. The van der Waals surface area contributed by atoms with Gasteiger partial charge in [-0.05, 0) is 35.8 Å². The van der Waals surface area contributed by atoms with Crippen LogP contribution in [0.4, 0.5) is 0 Å². The molecule has 0 N–H and O–H groups in total. The van der Waals surface area contributed by atoms with E-state index in [-0.39, 0.29) is 5.78 Å². The number of benzene rings is 3. The molecule has 2 atom stereocenters. The number of ether oxygens (including phenoxy) is 1. The number of methoxy groups -OCH3 is 1. The lowest BCUT2D eigenvalue weighted by atomic mass is 9.54. The van der Waals surface area contributed by atoms with E-state index in [1.807, 2.05) is 79.7 Å². The molecule has 31 heavy (non-hydrogen) atoms. The average molecular weight is 404 g/mol. The highest BCUT2D eigenvalue weighted by Gasteiger charge is 2.69. The molecular weight excluding hydrogens is 384 g/mol. The number of aryl methyl sites for hydroxylation is 1. The first-order valence-corrected chi connectivity index (χ1v) is 10.2. The van der Waals surface area contributed by atoms with Crippen molar-refractivity contribution >= 4 is 17.3 Å². The standard InChI is InChI=1S/C28H20O3/c1-18-12-14-19(15-13-18)16-17-23-24(20-8-4-3-5-9-20)28(27(30)31-2)25(23)21-10-6-7-11-22(21)26(28)29/h3-15,25H,1-2H3/t25-,28-/m1/s1. The summed E-state index contributed by atoms with van der Waals surface area (Å²) in [4.78, 5) is 26.8. The van der Waals surface area contributed by atoms with Gasteiger partial charge < -0.3 is 4.74 Å². The van der Waals surface area contributed by atoms with Crippen molar-refractivity contribution < 1.29 is 14.3 Å². The third kappa shape index (κ3) is 2.62. The van der Waals surface area contributed by atoms with Gasteiger partial charge >= 0.3 is 5.97 Å². The van der Waals surface area contributed by atoms with E-state index in [1.165, 1.54) is 12.7 Å². The van der Waals surface area contributed by atoms with Gasteiger partial charge in [0.15, 0.2) is 11.2 Å². The minimum Gasteiger partial charge on any atom is -0.468 e. The monoisotopic (exact) mass is 404 g/mol. The van der Waals surface area contributed by atoms with E-state index in [1.54, 1.807) is 6.07 Å². The second-order valence-corrected chi connectivity index (χ2v) is 7.92. The number of fused-ring (bicyclic) bond motifs is 3. The molecule has 0 spiro atoms. The summed E-state index contributed by atoms with van der Waals surface area (Å²) in [6.07, 6.45) is 0. The lowest BCUT2D eigenvalue weighted by Crippen LogP contribution is -2.49. The summed E-state index contributed by atoms with van der Waals surface area (Å²) < 4.78 is 5.19. The highest BCUT2D eigenvalue weighted by Crippen LogP contribution is 2.67. The van der Waals surface area contributed by atoms with Gasteiger partial charge in [-0.25, -0.2) is 0 Å². The van der Waals surface area contributed by atoms with Crippen LogP contribution in [0.25, 0.3) is 5.57 Å². The largest absolute Gasteiger partial charge is 0.468 e. The second kappa shape index (κ2) is 7.11. The second-order valence-electron chi connectivity index (χ2n) is 7.92. The number of carbonyl (C=O) groups is 2. The quantitative estimate of drug-likeness (QED) is 0.345. The summed E-state index contributed by atoms with van der Waals surface area (Å²) in [6, 6.07) is 25.0. The molecule has 0 saturated heterocycles. The van der Waals surface area contributed by atoms with E-state index in [0.29, 0.717) is 11.1 Å². The molecular formula is C28H20O3. The van der Waals surface area contributed by atoms with E-state index in [9.17, 15) is 9.59 Å². The summed E-state index contributed by atoms with van der Waals surface area (Å²) in [6.45, 7) is 2.03. The van der Waals surface area contributed by atoms with Crippen molar-refractivity contribution in [3.8, 4) is 11.8 Å². The van der Waals surface area contributed by atoms with Crippen LogP contribution in [0.1, 0.15) is 38.5 Å². The molecule has 2 aliphatic rings. The molecule has 0 fully saturated rings. The van der Waals surface area contributed by atoms with Gasteiger partial charge in [0.2, 0.25) is 0 Å². The number of carbonyl (C=O) groups excluding carboxylic acids is 2. The van der Waals surface area contributed by atoms with Crippen LogP contribution >= 0.6 is 0 Å². The minimum absolute atomic E-state index is 0.209. The first-order valence-electron chi connectivity index (χ1n) is 10.2. The fourth-order valence-corrected chi connectivity index (χ4v) is 4.81. The molecule has 0 aromatic heterocycles. The summed E-state index contributed by atoms with van der Waals surface area (Å²) in [5.74, 6) is 5.37. The zero-order chi connectivity index (χ0) is 21.6. The summed E-state index contributed by atoms with van der Waals surface area (Å²) in [5, 5.41) is 0. The Kier molecular flexibility index (Phi) is 4.38. The van der Waals surface area contributed by atoms with Crippen LogP contribution in [0, 0.1) is 24.2 Å². The van der Waals surface area contributed by atoms with Crippen molar-refractivity contribution in [1.29, 1.82) is 0 Å². The molecule has 5 rings (SSSR count). The predicted molar refractivity (Wildman–Crippen MR) is 119 cm³/mol. The number of hydrogen-bond donors (Lipinski definition) is 0. The molecule has 3 nitrogen and oxygen atoms in total. The fraction of sp³-hybridized carbons (Fsp3) is 0.143. The Morgan fingerprint density at radius 3 is 2.29 bits per heavy atom. The molecule has 2 aliphatic carbocycles. The number of Topliss-reactive ketones (excluding diaryl/α,β-unsaturated/α-hetero) is 1. The summed E-state index contributed by atoms with van der Waals surface area (Å²) >= 11 is 0. The van der Waals surface area contributed by atoms with E-state index in [2.05, 4.69) is 11.8 Å². The molecule has 3 aromatic carbocycles. The average Bonchev–Trinajstić information content (AvgIpc) is 3.01. The lowest BCUT2D eigenvalue weighted by molar-refractivity contribution is -0.147. The summed E-state index contributed by atoms with van der Waals surface area (Å²) in [5.41, 5.74) is 4.36. The Bertz CT molecular complexity index is 1300. The maximum absolute atomic E-state index is 13.6. The molecule has 3 heteroatoms. The molecule has 150 valence electrons. The van der Waals surface area contributed by atoms with Crippen molar-refractivity contribution in [2.24, 2.45) is 5.41 Å². The van der Waals surface area contributed by atoms with E-state index >= 15 is 0 Å². The van der Waals surface area contributed by atoms with Gasteiger partial charge in [-0.2, -0.15) is 0 Å². The molecule has 0 amide bonds. The van der Waals surface area contributed by atoms with Crippen LogP contribution in [-0.2, 0) is 9.53 Å². The normalized spacial score (nSPS) is 20.8. The molecule has 0 aliphatic heterocycles. The number of rotatable bonds is 2. The Morgan fingerprint density at radius 2 is 1.58 bits per heavy atom. The van der Waals surface area contributed by atoms with Gasteiger partial charge in [-0.15, -0.1) is 0 Å². The van der Waals surface area contributed by atoms with E-state index < -0.39 is 17.3 Å². The number of allylic oxidation sites excluding steroid dienone is 1. The topological polar surface area (TPSA) is 43.4 Å². The highest BCUT2D eigenvalue weighted by molar-refractivity contribution is 6.29. The maximum atomic E-state index is 13.6. The highest BCUT2D eigenvalue weighted by atomic mass is 16.5. The Hall–Kier alpha value is -3.90. The van der Waals surface area contributed by atoms with Crippen LogP contribution in [0.5, 0.6) is 0 Å². The number of esters is 1. The predicted octanol–water partition coefficient (Wildman–Crippen LogP) is 4.95. The third-order valence-corrected chi connectivity index (χ3v) is 6.22. The molecule has 0 heterocycles. The van der Waals surface area contributed by atoms with Gasteiger partial charge in [-0.3, -0.25) is 9.59 Å². The van der Waals surface area contributed by atoms with Crippen LogP contribution in [0.2, 0.25) is 0 Å². The van der Waals surface area contributed by atoms with Crippen LogP contribution in [-0.4, -0.2) is 18.9 Å². The number of ketones is 1. The van der Waals surface area contributed by atoms with Crippen LogP contribution < -0.4 is 0 Å². The molecule has 0 saturated carbocycles. The van der Waals surface area contributed by atoms with Gasteiger partial charge in [0.25, 0.3) is 0 Å². The van der Waals surface area contributed by atoms with E-state index in [4.69, 9.17) is 4.74 Å². The van der Waals surface area contributed by atoms with Gasteiger partial charge in [0, 0.05) is 22.6 Å². The van der Waals surface area contributed by atoms with Crippen molar-refractivity contribution in [2.75, 3.05) is 7.11 Å². The lowest BCUT2D eigenvalue weighted by Gasteiger charge is -2.44. The molecule has 0 radical (unpaired) electrons. The Labute approximate surface area is 181 Å². The first kappa shape index (κ1) is 19.1.